The van der Waals surface area contributed by atoms with Crippen molar-refractivity contribution in [1.82, 2.24) is 10.6 Å². The van der Waals surface area contributed by atoms with Gasteiger partial charge in [0.15, 0.2) is 0 Å². The molecule has 1 atom stereocenters. The zero-order valence-corrected chi connectivity index (χ0v) is 16.6. The van der Waals surface area contributed by atoms with Gasteiger partial charge in [0.1, 0.15) is 5.70 Å². The second-order valence-corrected chi connectivity index (χ2v) is 7.37. The molecule has 2 N–H and O–H groups in total. The van der Waals surface area contributed by atoms with Crippen molar-refractivity contribution in [3.05, 3.63) is 70.9 Å². The molecule has 0 radical (unpaired) electrons. The van der Waals surface area contributed by atoms with Crippen LogP contribution in [0.25, 0.3) is 6.08 Å². The molecule has 0 aliphatic carbocycles. The van der Waals surface area contributed by atoms with Gasteiger partial charge in [-0.15, -0.1) is 0 Å². The monoisotopic (exact) mass is 397 g/mol. The molecule has 0 saturated carbocycles. The molecule has 5 nitrogen and oxygen atoms in total. The van der Waals surface area contributed by atoms with E-state index in [0.29, 0.717) is 12.5 Å². The second kappa shape index (κ2) is 9.42. The van der Waals surface area contributed by atoms with Crippen LogP contribution in [0.1, 0.15) is 18.9 Å². The van der Waals surface area contributed by atoms with Gasteiger partial charge in [0.25, 0.3) is 5.91 Å². The van der Waals surface area contributed by atoms with Gasteiger partial charge in [-0.3, -0.25) is 9.59 Å². The van der Waals surface area contributed by atoms with Crippen LogP contribution in [0, 0.1) is 5.92 Å². The molecular weight excluding hydrogens is 374 g/mol. The third-order valence-electron chi connectivity index (χ3n) is 4.69. The minimum atomic E-state index is -0.274. The lowest BCUT2D eigenvalue weighted by Crippen LogP contribution is -2.37. The predicted octanol–water partition coefficient (Wildman–Crippen LogP) is 3.46. The largest absolute Gasteiger partial charge is 0.371 e. The van der Waals surface area contributed by atoms with Crippen molar-refractivity contribution in [2.24, 2.45) is 5.92 Å². The van der Waals surface area contributed by atoms with Crippen LogP contribution in [-0.4, -0.2) is 31.4 Å². The van der Waals surface area contributed by atoms with Crippen molar-refractivity contribution in [1.29, 1.82) is 0 Å². The highest BCUT2D eigenvalue weighted by Gasteiger charge is 2.23. The number of nitrogens with one attached hydrogen (secondary N) is 2. The van der Waals surface area contributed by atoms with Gasteiger partial charge in [0, 0.05) is 37.3 Å². The number of rotatable bonds is 6. The Balaban J connectivity index is 1.58. The number of hydrogen-bond acceptors (Lipinski definition) is 3. The van der Waals surface area contributed by atoms with Gasteiger partial charge in [-0.25, -0.2) is 0 Å². The molecule has 1 aliphatic heterocycles. The summed E-state index contributed by atoms with van der Waals surface area (Å²) in [4.78, 5) is 26.4. The van der Waals surface area contributed by atoms with Crippen LogP contribution < -0.4 is 15.5 Å². The molecule has 3 rings (SSSR count). The summed E-state index contributed by atoms with van der Waals surface area (Å²) in [6.07, 6.45) is 2.69. The number of nitrogens with zero attached hydrogens (tertiary/aromatic N) is 1. The highest BCUT2D eigenvalue weighted by atomic mass is 35.5. The van der Waals surface area contributed by atoms with Crippen molar-refractivity contribution >= 4 is 35.2 Å². The Morgan fingerprint density at radius 3 is 2.54 bits per heavy atom. The van der Waals surface area contributed by atoms with Crippen LogP contribution in [0.15, 0.2) is 60.3 Å². The molecule has 2 aromatic carbocycles. The molecule has 6 heteroatoms. The molecule has 1 aliphatic rings. The van der Waals surface area contributed by atoms with Gasteiger partial charge in [-0.2, -0.15) is 0 Å². The summed E-state index contributed by atoms with van der Waals surface area (Å²) in [6.45, 7) is 3.78. The van der Waals surface area contributed by atoms with Crippen LogP contribution >= 0.6 is 11.6 Å². The molecule has 1 saturated heterocycles. The normalized spacial score (nSPS) is 16.7. The van der Waals surface area contributed by atoms with E-state index in [1.165, 1.54) is 6.92 Å². The fraction of sp³-hybridized carbons (Fsp3) is 0.273. The first-order valence-corrected chi connectivity index (χ1v) is 9.72. The maximum absolute atomic E-state index is 12.6. The molecule has 1 fully saturated rings. The van der Waals surface area contributed by atoms with Crippen LogP contribution in [0.4, 0.5) is 5.69 Å². The molecule has 1 unspecified atom stereocenters. The molecule has 2 amide bonds. The number of hydrogen-bond donors (Lipinski definition) is 2. The topological polar surface area (TPSA) is 61.4 Å². The Bertz CT molecular complexity index is 850. The first-order chi connectivity index (χ1) is 13.5. The summed E-state index contributed by atoms with van der Waals surface area (Å²) in [7, 11) is 0. The summed E-state index contributed by atoms with van der Waals surface area (Å²) >= 11 is 5.95. The number of anilines is 1. The number of halogens is 1. The average Bonchev–Trinajstić information content (AvgIpc) is 3.15. The fourth-order valence-electron chi connectivity index (χ4n) is 3.28. The van der Waals surface area contributed by atoms with Gasteiger partial charge in [-0.05, 0) is 48.2 Å². The van der Waals surface area contributed by atoms with Crippen molar-refractivity contribution in [3.63, 3.8) is 0 Å². The maximum atomic E-state index is 12.6. The number of carbonyl (C=O) groups excluding carboxylic acids is 2. The molecule has 0 spiro atoms. The smallest absolute Gasteiger partial charge is 0.267 e. The van der Waals surface area contributed by atoms with Gasteiger partial charge in [0.05, 0.1) is 0 Å². The Labute approximate surface area is 170 Å². The zero-order chi connectivity index (χ0) is 19.9. The first-order valence-electron chi connectivity index (χ1n) is 9.34. The summed E-state index contributed by atoms with van der Waals surface area (Å²) in [6, 6.07) is 17.3. The predicted molar refractivity (Wildman–Crippen MR) is 113 cm³/mol. The SMILES string of the molecule is CC(=O)N/C(=C\c1ccccc1)C(=O)NCC1CCN(c2ccc(Cl)cc2)C1. The van der Waals surface area contributed by atoms with Crippen LogP contribution in [0.2, 0.25) is 5.02 Å². The van der Waals surface area contributed by atoms with Gasteiger partial charge in [-0.1, -0.05) is 41.9 Å². The van der Waals surface area contributed by atoms with Crippen molar-refractivity contribution in [2.75, 3.05) is 24.5 Å². The second-order valence-electron chi connectivity index (χ2n) is 6.94. The van der Waals surface area contributed by atoms with Crippen molar-refractivity contribution in [3.8, 4) is 0 Å². The zero-order valence-electron chi connectivity index (χ0n) is 15.8. The van der Waals surface area contributed by atoms with E-state index in [4.69, 9.17) is 11.6 Å². The van der Waals surface area contributed by atoms with Crippen molar-refractivity contribution < 1.29 is 9.59 Å². The lowest BCUT2D eigenvalue weighted by molar-refractivity contribution is -0.122. The molecule has 146 valence electrons. The number of amides is 2. The van der Waals surface area contributed by atoms with E-state index in [-0.39, 0.29) is 17.5 Å². The minimum Gasteiger partial charge on any atom is -0.371 e. The summed E-state index contributed by atoms with van der Waals surface area (Å²) in [5.41, 5.74) is 2.25. The molecule has 0 aromatic heterocycles. The third-order valence-corrected chi connectivity index (χ3v) is 4.95. The van der Waals surface area contributed by atoms with E-state index in [1.54, 1.807) is 6.08 Å². The van der Waals surface area contributed by atoms with Gasteiger partial charge >= 0.3 is 0 Å². The molecule has 28 heavy (non-hydrogen) atoms. The minimum absolute atomic E-state index is 0.256. The molecule has 2 aromatic rings. The van der Waals surface area contributed by atoms with Crippen LogP contribution in [-0.2, 0) is 9.59 Å². The number of carbonyl (C=O) groups is 2. The van der Waals surface area contributed by atoms with Gasteiger partial charge in [0.2, 0.25) is 5.91 Å². The van der Waals surface area contributed by atoms with Gasteiger partial charge < -0.3 is 15.5 Å². The van der Waals surface area contributed by atoms with E-state index >= 15 is 0 Å². The van der Waals surface area contributed by atoms with E-state index in [2.05, 4.69) is 15.5 Å². The summed E-state index contributed by atoms with van der Waals surface area (Å²) < 4.78 is 0. The van der Waals surface area contributed by atoms with E-state index < -0.39 is 0 Å². The van der Waals surface area contributed by atoms with E-state index in [1.807, 2.05) is 54.6 Å². The van der Waals surface area contributed by atoms with Crippen LogP contribution in [0.3, 0.4) is 0 Å². The first kappa shape index (κ1) is 20.0. The average molecular weight is 398 g/mol. The van der Waals surface area contributed by atoms with Crippen molar-refractivity contribution in [2.45, 2.75) is 13.3 Å². The lowest BCUT2D eigenvalue weighted by atomic mass is 10.1. The Morgan fingerprint density at radius 2 is 1.86 bits per heavy atom. The van der Waals surface area contributed by atoms with E-state index in [9.17, 15) is 9.59 Å². The quantitative estimate of drug-likeness (QED) is 0.734. The third kappa shape index (κ3) is 5.60. The Morgan fingerprint density at radius 1 is 1.14 bits per heavy atom. The lowest BCUT2D eigenvalue weighted by Gasteiger charge is -2.19. The Kier molecular flexibility index (Phi) is 6.71. The maximum Gasteiger partial charge on any atom is 0.267 e. The van der Waals surface area contributed by atoms with Crippen LogP contribution in [0.5, 0.6) is 0 Å². The molecular formula is C22H24ClN3O2. The fourth-order valence-corrected chi connectivity index (χ4v) is 3.41. The summed E-state index contributed by atoms with van der Waals surface area (Å²) in [5, 5.41) is 6.32. The standard InChI is InChI=1S/C22H24ClN3O2/c1-16(27)25-21(13-17-5-3-2-4-6-17)22(28)24-14-18-11-12-26(15-18)20-9-7-19(23)8-10-20/h2-10,13,18H,11-12,14-15H2,1H3,(H,24,28)(H,25,27)/b21-13-. The summed E-state index contributed by atoms with van der Waals surface area (Å²) in [5.74, 6) is -0.189. The highest BCUT2D eigenvalue weighted by Crippen LogP contribution is 2.24. The number of benzene rings is 2. The molecule has 1 heterocycles. The molecule has 0 bridgehead atoms. The Hall–Kier alpha value is -2.79. The van der Waals surface area contributed by atoms with E-state index in [0.717, 1.165) is 35.8 Å². The highest BCUT2D eigenvalue weighted by molar-refractivity contribution is 6.30.